The summed E-state index contributed by atoms with van der Waals surface area (Å²) < 4.78 is 10.4. The zero-order valence-electron chi connectivity index (χ0n) is 15.8. The Kier molecular flexibility index (Phi) is 6.27. The van der Waals surface area contributed by atoms with Gasteiger partial charge in [-0.05, 0) is 60.7 Å². The van der Waals surface area contributed by atoms with Gasteiger partial charge in [0.05, 0.1) is 7.11 Å². The van der Waals surface area contributed by atoms with Gasteiger partial charge >= 0.3 is 5.97 Å². The molecular formula is C23H20N2O4. The average Bonchev–Trinajstić information content (AvgIpc) is 2.75. The van der Waals surface area contributed by atoms with Crippen LogP contribution < -0.4 is 15.8 Å². The highest BCUT2D eigenvalue weighted by Crippen LogP contribution is 2.27. The first kappa shape index (κ1) is 19.7. The highest BCUT2D eigenvalue weighted by atomic mass is 16.5. The smallest absolute Gasteiger partial charge is 0.330 e. The maximum Gasteiger partial charge on any atom is 0.330 e. The SMILES string of the molecule is COC(=O)/C=C/c1cc(Oc2ccc(NC(=O)c3ccccc3)cc2)ccc1N. The van der Waals surface area contributed by atoms with Crippen LogP contribution in [0.4, 0.5) is 11.4 Å². The monoisotopic (exact) mass is 388 g/mol. The quantitative estimate of drug-likeness (QED) is 0.369. The first-order valence-corrected chi connectivity index (χ1v) is 8.85. The van der Waals surface area contributed by atoms with Crippen molar-refractivity contribution in [3.63, 3.8) is 0 Å². The van der Waals surface area contributed by atoms with Crippen LogP contribution in [-0.4, -0.2) is 19.0 Å². The highest BCUT2D eigenvalue weighted by molar-refractivity contribution is 6.04. The van der Waals surface area contributed by atoms with Crippen molar-refractivity contribution < 1.29 is 19.1 Å². The number of carbonyl (C=O) groups is 2. The van der Waals surface area contributed by atoms with E-state index in [-0.39, 0.29) is 5.91 Å². The van der Waals surface area contributed by atoms with Crippen LogP contribution in [-0.2, 0) is 9.53 Å². The van der Waals surface area contributed by atoms with Gasteiger partial charge in [-0.25, -0.2) is 4.79 Å². The topological polar surface area (TPSA) is 90.6 Å². The van der Waals surface area contributed by atoms with Crippen molar-refractivity contribution in [3.05, 3.63) is 90.0 Å². The van der Waals surface area contributed by atoms with Crippen molar-refractivity contribution in [3.8, 4) is 11.5 Å². The molecule has 3 aromatic carbocycles. The van der Waals surface area contributed by atoms with Gasteiger partial charge in [0.15, 0.2) is 0 Å². The molecule has 1 amide bonds. The lowest BCUT2D eigenvalue weighted by molar-refractivity contribution is -0.134. The molecule has 146 valence electrons. The molecule has 3 rings (SSSR count). The van der Waals surface area contributed by atoms with Gasteiger partial charge in [-0.3, -0.25) is 4.79 Å². The first-order valence-electron chi connectivity index (χ1n) is 8.85. The fraction of sp³-hybridized carbons (Fsp3) is 0.0435. The molecule has 0 saturated carbocycles. The molecule has 29 heavy (non-hydrogen) atoms. The second-order valence-corrected chi connectivity index (χ2v) is 6.09. The number of hydrogen-bond donors (Lipinski definition) is 2. The van der Waals surface area contributed by atoms with Crippen molar-refractivity contribution in [2.75, 3.05) is 18.2 Å². The van der Waals surface area contributed by atoms with Crippen LogP contribution in [0.1, 0.15) is 15.9 Å². The summed E-state index contributed by atoms with van der Waals surface area (Å²) in [6, 6.07) is 21.1. The fourth-order valence-corrected chi connectivity index (χ4v) is 2.52. The van der Waals surface area contributed by atoms with E-state index < -0.39 is 5.97 Å². The van der Waals surface area contributed by atoms with Gasteiger partial charge in [-0.1, -0.05) is 18.2 Å². The molecule has 0 saturated heterocycles. The van der Waals surface area contributed by atoms with Crippen LogP contribution in [0.5, 0.6) is 11.5 Å². The number of nitrogens with two attached hydrogens (primary N) is 1. The van der Waals surface area contributed by atoms with Crippen molar-refractivity contribution in [1.29, 1.82) is 0 Å². The largest absolute Gasteiger partial charge is 0.466 e. The number of nitrogen functional groups attached to an aromatic ring is 1. The summed E-state index contributed by atoms with van der Waals surface area (Å²) in [5.74, 6) is 0.504. The molecule has 6 nitrogen and oxygen atoms in total. The number of rotatable bonds is 6. The minimum atomic E-state index is -0.469. The maximum atomic E-state index is 12.2. The molecule has 0 radical (unpaired) electrons. The highest BCUT2D eigenvalue weighted by Gasteiger charge is 2.06. The summed E-state index contributed by atoms with van der Waals surface area (Å²) in [4.78, 5) is 23.5. The standard InChI is InChI=1S/C23H20N2O4/c1-28-22(26)14-7-17-15-20(12-13-21(17)24)29-19-10-8-18(9-11-19)25-23(27)16-5-3-2-4-6-16/h2-15H,24H2,1H3,(H,25,27)/b14-7+. The van der Waals surface area contributed by atoms with Gasteiger partial charge in [-0.15, -0.1) is 0 Å². The Hall–Kier alpha value is -4.06. The van der Waals surface area contributed by atoms with Crippen LogP contribution in [0.15, 0.2) is 78.9 Å². The molecule has 0 aliphatic heterocycles. The molecule has 0 bridgehead atoms. The van der Waals surface area contributed by atoms with Gasteiger partial charge in [0, 0.05) is 28.6 Å². The van der Waals surface area contributed by atoms with E-state index in [2.05, 4.69) is 10.1 Å². The summed E-state index contributed by atoms with van der Waals surface area (Å²) in [5, 5.41) is 2.83. The predicted molar refractivity (Wildman–Crippen MR) is 113 cm³/mol. The van der Waals surface area contributed by atoms with Crippen molar-refractivity contribution >= 4 is 29.3 Å². The third-order valence-corrected chi connectivity index (χ3v) is 4.04. The van der Waals surface area contributed by atoms with Gasteiger partial charge < -0.3 is 20.5 Å². The molecule has 0 aliphatic rings. The van der Waals surface area contributed by atoms with E-state index in [4.69, 9.17) is 10.5 Å². The van der Waals surface area contributed by atoms with E-state index in [9.17, 15) is 9.59 Å². The van der Waals surface area contributed by atoms with Gasteiger partial charge in [0.1, 0.15) is 11.5 Å². The van der Waals surface area contributed by atoms with Crippen LogP contribution in [0.2, 0.25) is 0 Å². The number of esters is 1. The summed E-state index contributed by atoms with van der Waals surface area (Å²) in [5.41, 5.74) is 8.32. The predicted octanol–water partition coefficient (Wildman–Crippen LogP) is 4.50. The molecule has 6 heteroatoms. The second-order valence-electron chi connectivity index (χ2n) is 6.09. The third kappa shape index (κ3) is 5.46. The average molecular weight is 388 g/mol. The van der Waals surface area contributed by atoms with E-state index in [1.165, 1.54) is 13.2 Å². The number of nitrogens with one attached hydrogen (secondary N) is 1. The van der Waals surface area contributed by atoms with E-state index in [1.54, 1.807) is 60.7 Å². The van der Waals surface area contributed by atoms with Gasteiger partial charge in [0.2, 0.25) is 0 Å². The lowest BCUT2D eigenvalue weighted by Gasteiger charge is -2.10. The number of amides is 1. The molecule has 0 fully saturated rings. The number of anilines is 2. The lowest BCUT2D eigenvalue weighted by atomic mass is 10.1. The molecule has 0 atom stereocenters. The normalized spacial score (nSPS) is 10.5. The Bertz CT molecular complexity index is 1030. The maximum absolute atomic E-state index is 12.2. The van der Waals surface area contributed by atoms with Crippen molar-refractivity contribution in [2.24, 2.45) is 0 Å². The summed E-state index contributed by atoms with van der Waals surface area (Å²) in [6.07, 6.45) is 2.86. The van der Waals surface area contributed by atoms with Crippen molar-refractivity contribution in [1.82, 2.24) is 0 Å². The van der Waals surface area contributed by atoms with Crippen molar-refractivity contribution in [2.45, 2.75) is 0 Å². The Morgan fingerprint density at radius 1 is 0.931 bits per heavy atom. The fourth-order valence-electron chi connectivity index (χ4n) is 2.52. The molecule has 0 aliphatic carbocycles. The van der Waals surface area contributed by atoms with E-state index in [0.29, 0.717) is 34.0 Å². The lowest BCUT2D eigenvalue weighted by Crippen LogP contribution is -2.11. The number of benzene rings is 3. The Labute approximate surface area is 168 Å². The molecule has 0 spiro atoms. The second kappa shape index (κ2) is 9.23. The Morgan fingerprint density at radius 3 is 2.31 bits per heavy atom. The van der Waals surface area contributed by atoms with Gasteiger partial charge in [-0.2, -0.15) is 0 Å². The molecule has 3 N–H and O–H groups in total. The van der Waals surface area contributed by atoms with E-state index in [0.717, 1.165) is 0 Å². The minimum Gasteiger partial charge on any atom is -0.466 e. The zero-order valence-corrected chi connectivity index (χ0v) is 15.8. The molecule has 0 aromatic heterocycles. The molecule has 0 heterocycles. The van der Waals surface area contributed by atoms with E-state index in [1.807, 2.05) is 18.2 Å². The Balaban J connectivity index is 1.67. The summed E-state index contributed by atoms with van der Waals surface area (Å²) in [6.45, 7) is 0. The van der Waals surface area contributed by atoms with E-state index >= 15 is 0 Å². The zero-order chi connectivity index (χ0) is 20.6. The van der Waals surface area contributed by atoms with Crippen LogP contribution in [0.25, 0.3) is 6.08 Å². The number of ether oxygens (including phenoxy) is 2. The Morgan fingerprint density at radius 2 is 1.62 bits per heavy atom. The van der Waals surface area contributed by atoms with Crippen LogP contribution >= 0.6 is 0 Å². The molecular weight excluding hydrogens is 368 g/mol. The third-order valence-electron chi connectivity index (χ3n) is 4.04. The number of carbonyl (C=O) groups excluding carboxylic acids is 2. The van der Waals surface area contributed by atoms with Crippen LogP contribution in [0, 0.1) is 0 Å². The van der Waals surface area contributed by atoms with Gasteiger partial charge in [0.25, 0.3) is 5.91 Å². The van der Waals surface area contributed by atoms with Crippen LogP contribution in [0.3, 0.4) is 0 Å². The number of methoxy groups -OCH3 is 1. The minimum absolute atomic E-state index is 0.181. The summed E-state index contributed by atoms with van der Waals surface area (Å²) >= 11 is 0. The number of hydrogen-bond acceptors (Lipinski definition) is 5. The first-order chi connectivity index (χ1) is 14.0. The molecule has 3 aromatic rings. The summed E-state index contributed by atoms with van der Waals surface area (Å²) in [7, 11) is 1.31. The molecule has 0 unspecified atom stereocenters.